The van der Waals surface area contributed by atoms with Gasteiger partial charge in [0.05, 0.1) is 16.4 Å². The third kappa shape index (κ3) is 5.24. The molecule has 152 valence electrons. The summed E-state index contributed by atoms with van der Waals surface area (Å²) >= 11 is 0. The molecule has 1 heterocycles. The molecular weight excluding hydrogens is 414 g/mol. The maximum Gasteiger partial charge on any atom is 0.263 e. The first-order chi connectivity index (χ1) is 13.8. The van der Waals surface area contributed by atoms with E-state index in [2.05, 4.69) is 14.4 Å². The molecule has 8 nitrogen and oxygen atoms in total. The van der Waals surface area contributed by atoms with Crippen molar-refractivity contribution in [2.24, 2.45) is 0 Å². The van der Waals surface area contributed by atoms with E-state index < -0.39 is 20.0 Å². The first-order valence-corrected chi connectivity index (χ1v) is 11.6. The lowest BCUT2D eigenvalue weighted by atomic mass is 10.3. The Morgan fingerprint density at radius 1 is 0.793 bits per heavy atom. The van der Waals surface area contributed by atoms with Crippen LogP contribution in [0.2, 0.25) is 0 Å². The van der Waals surface area contributed by atoms with Crippen LogP contribution in [0.3, 0.4) is 0 Å². The fourth-order valence-corrected chi connectivity index (χ4v) is 4.48. The van der Waals surface area contributed by atoms with Crippen LogP contribution in [0.25, 0.3) is 0 Å². The summed E-state index contributed by atoms with van der Waals surface area (Å²) in [7, 11) is -7.66. The molecule has 0 saturated heterocycles. The summed E-state index contributed by atoms with van der Waals surface area (Å²) in [5.41, 5.74) is 0.232. The molecule has 0 spiro atoms. The zero-order chi connectivity index (χ0) is 20.9. The van der Waals surface area contributed by atoms with Crippen LogP contribution < -0.4 is 14.2 Å². The number of hydrogen-bond acceptors (Lipinski definition) is 6. The van der Waals surface area contributed by atoms with Gasteiger partial charge >= 0.3 is 0 Å². The second kappa shape index (κ2) is 8.50. The van der Waals surface area contributed by atoms with Gasteiger partial charge < -0.3 is 4.74 Å². The third-order valence-electron chi connectivity index (χ3n) is 3.77. The number of aromatic nitrogens is 1. The maximum atomic E-state index is 12.5. The summed E-state index contributed by atoms with van der Waals surface area (Å²) in [6.07, 6.45) is 1.47. The van der Waals surface area contributed by atoms with Crippen molar-refractivity contribution in [2.45, 2.75) is 16.7 Å². The Bertz CT molecular complexity index is 1160. The highest BCUT2D eigenvalue weighted by atomic mass is 32.2. The lowest BCUT2D eigenvalue weighted by Crippen LogP contribution is -2.15. The van der Waals surface area contributed by atoms with Gasteiger partial charge in [0, 0.05) is 11.9 Å². The van der Waals surface area contributed by atoms with Crippen molar-refractivity contribution in [3.05, 3.63) is 72.9 Å². The summed E-state index contributed by atoms with van der Waals surface area (Å²) in [6.45, 7) is 2.32. The minimum absolute atomic E-state index is 0.0211. The summed E-state index contributed by atoms with van der Waals surface area (Å²) in [5.74, 6) is 0.759. The van der Waals surface area contributed by atoms with E-state index in [-0.39, 0.29) is 21.3 Å². The Morgan fingerprint density at radius 2 is 1.38 bits per heavy atom. The molecule has 0 fully saturated rings. The summed E-state index contributed by atoms with van der Waals surface area (Å²) < 4.78 is 59.9. The number of rotatable bonds is 8. The number of ether oxygens (including phenoxy) is 1. The number of nitrogens with one attached hydrogen (secondary N) is 2. The summed E-state index contributed by atoms with van der Waals surface area (Å²) in [6, 6.07) is 16.2. The number of hydrogen-bond donors (Lipinski definition) is 2. The fraction of sp³-hybridized carbons (Fsp3) is 0.105. The van der Waals surface area contributed by atoms with E-state index in [1.807, 2.05) is 6.92 Å². The van der Waals surface area contributed by atoms with Gasteiger partial charge in [-0.3, -0.25) is 9.44 Å². The van der Waals surface area contributed by atoms with E-state index in [0.717, 1.165) is 0 Å². The van der Waals surface area contributed by atoms with Crippen molar-refractivity contribution in [1.82, 2.24) is 4.98 Å². The highest BCUT2D eigenvalue weighted by Crippen LogP contribution is 2.21. The highest BCUT2D eigenvalue weighted by molar-refractivity contribution is 7.93. The average Bonchev–Trinajstić information content (AvgIpc) is 2.69. The van der Waals surface area contributed by atoms with Crippen molar-refractivity contribution in [1.29, 1.82) is 0 Å². The van der Waals surface area contributed by atoms with E-state index in [0.29, 0.717) is 12.4 Å². The van der Waals surface area contributed by atoms with Gasteiger partial charge in [0.1, 0.15) is 11.6 Å². The van der Waals surface area contributed by atoms with E-state index in [9.17, 15) is 16.8 Å². The highest BCUT2D eigenvalue weighted by Gasteiger charge is 2.17. The van der Waals surface area contributed by atoms with E-state index in [4.69, 9.17) is 4.74 Å². The van der Waals surface area contributed by atoms with Gasteiger partial charge in [-0.15, -0.1) is 0 Å². The zero-order valence-corrected chi connectivity index (χ0v) is 17.1. The molecule has 10 heteroatoms. The number of anilines is 2. The average molecular weight is 434 g/mol. The van der Waals surface area contributed by atoms with Gasteiger partial charge in [-0.25, -0.2) is 21.8 Å². The SMILES string of the molecule is CCOc1ccc(S(=O)(=O)Nc2ccc(S(=O)(=O)Nc3ccccn3)cc2)cc1. The van der Waals surface area contributed by atoms with Crippen LogP contribution in [-0.4, -0.2) is 28.4 Å². The van der Waals surface area contributed by atoms with Gasteiger partial charge in [-0.2, -0.15) is 0 Å². The van der Waals surface area contributed by atoms with Crippen LogP contribution in [0.5, 0.6) is 5.75 Å². The molecule has 0 amide bonds. The molecule has 2 N–H and O–H groups in total. The molecule has 1 aromatic heterocycles. The molecule has 29 heavy (non-hydrogen) atoms. The number of benzene rings is 2. The van der Waals surface area contributed by atoms with E-state index in [1.54, 1.807) is 24.3 Å². The number of pyridine rings is 1. The summed E-state index contributed by atoms with van der Waals surface area (Å²) in [4.78, 5) is 3.96. The summed E-state index contributed by atoms with van der Waals surface area (Å²) in [5, 5.41) is 0. The van der Waals surface area contributed by atoms with Crippen LogP contribution in [0.4, 0.5) is 11.5 Å². The van der Waals surface area contributed by atoms with E-state index in [1.165, 1.54) is 48.7 Å². The Morgan fingerprint density at radius 3 is 1.93 bits per heavy atom. The molecule has 0 bridgehead atoms. The molecule has 2 aromatic carbocycles. The number of sulfonamides is 2. The third-order valence-corrected chi connectivity index (χ3v) is 6.53. The Kier molecular flexibility index (Phi) is 6.04. The van der Waals surface area contributed by atoms with Gasteiger partial charge in [-0.05, 0) is 67.6 Å². The minimum atomic E-state index is -3.84. The van der Waals surface area contributed by atoms with Crippen LogP contribution >= 0.6 is 0 Å². The van der Waals surface area contributed by atoms with Crippen LogP contribution in [0, 0.1) is 0 Å². The van der Waals surface area contributed by atoms with Gasteiger partial charge in [0.25, 0.3) is 20.0 Å². The Labute approximate surface area is 169 Å². The van der Waals surface area contributed by atoms with Crippen molar-refractivity contribution in [3.8, 4) is 5.75 Å². The van der Waals surface area contributed by atoms with Crippen molar-refractivity contribution in [2.75, 3.05) is 16.1 Å². The molecule has 3 aromatic rings. The fourth-order valence-electron chi connectivity index (χ4n) is 2.42. The second-order valence-corrected chi connectivity index (χ2v) is 9.22. The van der Waals surface area contributed by atoms with Crippen LogP contribution in [-0.2, 0) is 20.0 Å². The van der Waals surface area contributed by atoms with Crippen molar-refractivity contribution < 1.29 is 21.6 Å². The molecule has 0 aliphatic carbocycles. The van der Waals surface area contributed by atoms with Crippen molar-refractivity contribution in [3.63, 3.8) is 0 Å². The molecule has 0 atom stereocenters. The normalized spacial score (nSPS) is 11.6. The standard InChI is InChI=1S/C19H19N3O5S2/c1-2-27-16-8-12-18(13-9-16)28(23,24)21-15-6-10-17(11-7-15)29(25,26)22-19-5-3-4-14-20-19/h3-14,21H,2H2,1H3,(H,20,22). The van der Waals surface area contributed by atoms with Gasteiger partial charge in [0.15, 0.2) is 0 Å². The monoisotopic (exact) mass is 433 g/mol. The maximum absolute atomic E-state index is 12.5. The Balaban J connectivity index is 1.74. The molecule has 0 aliphatic heterocycles. The Hall–Kier alpha value is -3.11. The zero-order valence-electron chi connectivity index (χ0n) is 15.4. The first kappa shape index (κ1) is 20.6. The topological polar surface area (TPSA) is 114 Å². The molecule has 0 unspecified atom stereocenters. The van der Waals surface area contributed by atoms with Crippen LogP contribution in [0.15, 0.2) is 82.7 Å². The number of nitrogens with zero attached hydrogens (tertiary/aromatic N) is 1. The molecule has 3 rings (SSSR count). The lowest BCUT2D eigenvalue weighted by Gasteiger charge is -2.11. The predicted molar refractivity (Wildman–Crippen MR) is 110 cm³/mol. The largest absolute Gasteiger partial charge is 0.494 e. The van der Waals surface area contributed by atoms with Gasteiger partial charge in [0.2, 0.25) is 0 Å². The van der Waals surface area contributed by atoms with E-state index >= 15 is 0 Å². The van der Waals surface area contributed by atoms with Crippen LogP contribution in [0.1, 0.15) is 6.92 Å². The second-order valence-electron chi connectivity index (χ2n) is 5.85. The van der Waals surface area contributed by atoms with Gasteiger partial charge in [-0.1, -0.05) is 6.07 Å². The predicted octanol–water partition coefficient (Wildman–Crippen LogP) is 3.08. The molecule has 0 aliphatic rings. The molecular formula is C19H19N3O5S2. The van der Waals surface area contributed by atoms with Crippen molar-refractivity contribution >= 4 is 31.6 Å². The first-order valence-electron chi connectivity index (χ1n) is 8.60. The molecule has 0 radical (unpaired) electrons. The lowest BCUT2D eigenvalue weighted by molar-refractivity contribution is 0.340. The minimum Gasteiger partial charge on any atom is -0.494 e. The quantitative estimate of drug-likeness (QED) is 0.564. The smallest absolute Gasteiger partial charge is 0.263 e. The molecule has 0 saturated carbocycles.